The van der Waals surface area contributed by atoms with Crippen molar-refractivity contribution in [1.82, 2.24) is 25.4 Å². The third-order valence-electron chi connectivity index (χ3n) is 5.30. The molecule has 0 radical (unpaired) electrons. The van der Waals surface area contributed by atoms with Gasteiger partial charge in [-0.3, -0.25) is 0 Å². The van der Waals surface area contributed by atoms with Crippen molar-refractivity contribution >= 4 is 5.96 Å². The molecule has 1 aliphatic rings. The fourth-order valence-corrected chi connectivity index (χ4v) is 3.72. The Morgan fingerprint density at radius 3 is 2.81 bits per heavy atom. The van der Waals surface area contributed by atoms with Gasteiger partial charge in [0.2, 0.25) is 0 Å². The molecule has 0 aliphatic carbocycles. The van der Waals surface area contributed by atoms with Crippen LogP contribution in [0.4, 0.5) is 0 Å². The van der Waals surface area contributed by atoms with E-state index in [1.165, 1.54) is 19.3 Å². The molecule has 1 aliphatic heterocycles. The van der Waals surface area contributed by atoms with Crippen LogP contribution in [0.1, 0.15) is 51.2 Å². The van der Waals surface area contributed by atoms with E-state index in [0.29, 0.717) is 6.54 Å². The number of benzene rings is 1. The maximum atomic E-state index is 6.00. The number of para-hydroxylation sites is 2. The normalized spacial score (nSPS) is 15.0. The number of fused-ring (bicyclic) bond motifs is 1. The molecule has 1 atom stereocenters. The van der Waals surface area contributed by atoms with Crippen molar-refractivity contribution in [3.05, 3.63) is 35.9 Å². The lowest BCUT2D eigenvalue weighted by Gasteiger charge is -2.16. The lowest BCUT2D eigenvalue weighted by atomic mass is 10.2. The zero-order valence-corrected chi connectivity index (χ0v) is 19.1. The first-order chi connectivity index (χ1) is 15.2. The van der Waals surface area contributed by atoms with E-state index in [-0.39, 0.29) is 6.10 Å². The zero-order chi connectivity index (χ0) is 21.9. The summed E-state index contributed by atoms with van der Waals surface area (Å²) >= 11 is 0. The summed E-state index contributed by atoms with van der Waals surface area (Å²) in [6.07, 6.45) is 6.62. The first-order valence-corrected chi connectivity index (χ1v) is 11.4. The predicted molar refractivity (Wildman–Crippen MR) is 123 cm³/mol. The first kappa shape index (κ1) is 22.9. The number of nitrogens with one attached hydrogen (secondary N) is 2. The van der Waals surface area contributed by atoms with Gasteiger partial charge < -0.3 is 24.7 Å². The third-order valence-corrected chi connectivity index (χ3v) is 5.30. The van der Waals surface area contributed by atoms with E-state index in [1.807, 2.05) is 31.2 Å². The second kappa shape index (κ2) is 12.2. The smallest absolute Gasteiger partial charge is 0.191 e. The number of guanidine groups is 1. The minimum Gasteiger partial charge on any atom is -0.493 e. The highest BCUT2D eigenvalue weighted by Crippen LogP contribution is 2.26. The minimum absolute atomic E-state index is 0.0711. The summed E-state index contributed by atoms with van der Waals surface area (Å²) in [7, 11) is 1.65. The molecule has 2 N–H and O–H groups in total. The van der Waals surface area contributed by atoms with Gasteiger partial charge in [-0.1, -0.05) is 18.6 Å². The molecule has 8 nitrogen and oxygen atoms in total. The topological polar surface area (TPSA) is 85.6 Å². The molecule has 8 heteroatoms. The van der Waals surface area contributed by atoms with Crippen molar-refractivity contribution in [3.63, 3.8) is 0 Å². The molecule has 1 unspecified atom stereocenters. The number of hydrogen-bond donors (Lipinski definition) is 2. The summed E-state index contributed by atoms with van der Waals surface area (Å²) in [5.74, 6) is 4.53. The Bertz CT molecular complexity index is 835. The van der Waals surface area contributed by atoms with Crippen LogP contribution in [0, 0.1) is 0 Å². The maximum absolute atomic E-state index is 6.00. The summed E-state index contributed by atoms with van der Waals surface area (Å²) in [5, 5.41) is 15.5. The van der Waals surface area contributed by atoms with Gasteiger partial charge in [0.1, 0.15) is 17.8 Å². The van der Waals surface area contributed by atoms with Crippen LogP contribution in [0.5, 0.6) is 11.5 Å². The summed E-state index contributed by atoms with van der Waals surface area (Å²) in [5.41, 5.74) is 0. The number of nitrogens with zero attached hydrogens (tertiary/aromatic N) is 4. The van der Waals surface area contributed by atoms with E-state index in [0.717, 1.165) is 68.0 Å². The highest BCUT2D eigenvalue weighted by Gasteiger charge is 2.14. The number of aliphatic imine (C=N–C) groups is 1. The second-order valence-electron chi connectivity index (χ2n) is 7.82. The molecule has 0 bridgehead atoms. The quantitative estimate of drug-likeness (QED) is 0.344. The van der Waals surface area contributed by atoms with Crippen LogP contribution in [-0.2, 0) is 19.4 Å². The van der Waals surface area contributed by atoms with Crippen molar-refractivity contribution in [1.29, 1.82) is 0 Å². The molecule has 0 saturated heterocycles. The van der Waals surface area contributed by atoms with Crippen LogP contribution in [-0.4, -0.2) is 53.6 Å². The van der Waals surface area contributed by atoms with Gasteiger partial charge in [-0.25, -0.2) is 4.99 Å². The second-order valence-corrected chi connectivity index (χ2v) is 7.82. The molecule has 0 amide bonds. The lowest BCUT2D eigenvalue weighted by Crippen LogP contribution is -2.38. The summed E-state index contributed by atoms with van der Waals surface area (Å²) in [6, 6.07) is 7.67. The van der Waals surface area contributed by atoms with Gasteiger partial charge >= 0.3 is 0 Å². The number of rotatable bonds is 10. The average molecular weight is 429 g/mol. The Hall–Kier alpha value is -2.77. The van der Waals surface area contributed by atoms with E-state index in [4.69, 9.17) is 9.47 Å². The molecule has 31 heavy (non-hydrogen) atoms. The zero-order valence-electron chi connectivity index (χ0n) is 19.1. The highest BCUT2D eigenvalue weighted by atomic mass is 16.5. The molecule has 2 aromatic rings. The van der Waals surface area contributed by atoms with E-state index in [1.54, 1.807) is 7.11 Å². The Balaban J connectivity index is 1.46. The number of aromatic nitrogens is 3. The lowest BCUT2D eigenvalue weighted by molar-refractivity contribution is 0.219. The van der Waals surface area contributed by atoms with Gasteiger partial charge in [-0.05, 0) is 45.2 Å². The van der Waals surface area contributed by atoms with Crippen molar-refractivity contribution < 1.29 is 9.47 Å². The van der Waals surface area contributed by atoms with Gasteiger partial charge in [0.25, 0.3) is 0 Å². The summed E-state index contributed by atoms with van der Waals surface area (Å²) in [4.78, 5) is 4.68. The monoisotopic (exact) mass is 428 g/mol. The third kappa shape index (κ3) is 6.87. The van der Waals surface area contributed by atoms with Crippen molar-refractivity contribution in [2.75, 3.05) is 26.7 Å². The number of hydrogen-bond acceptors (Lipinski definition) is 5. The number of ether oxygens (including phenoxy) is 2. The average Bonchev–Trinajstić information content (AvgIpc) is 3.01. The van der Waals surface area contributed by atoms with Crippen molar-refractivity contribution in [3.8, 4) is 11.5 Å². The molecule has 1 aromatic carbocycles. The van der Waals surface area contributed by atoms with Gasteiger partial charge in [0.15, 0.2) is 17.5 Å². The minimum atomic E-state index is -0.0711. The molecular weight excluding hydrogens is 392 g/mol. The van der Waals surface area contributed by atoms with Crippen LogP contribution >= 0.6 is 0 Å². The Morgan fingerprint density at radius 2 is 2.00 bits per heavy atom. The van der Waals surface area contributed by atoms with Gasteiger partial charge in [-0.15, -0.1) is 10.2 Å². The molecule has 170 valence electrons. The summed E-state index contributed by atoms with van der Waals surface area (Å²) in [6.45, 7) is 7.32. The van der Waals surface area contributed by atoms with E-state index < -0.39 is 0 Å². The van der Waals surface area contributed by atoms with Crippen LogP contribution in [0.15, 0.2) is 29.3 Å². The largest absolute Gasteiger partial charge is 0.493 e. The van der Waals surface area contributed by atoms with E-state index in [2.05, 4.69) is 37.3 Å². The SMILES string of the molecule is CCNC(=NCC(C)Oc1ccccc1OC)NCCCc1nnc2n1CCCCC2. The van der Waals surface area contributed by atoms with Crippen LogP contribution < -0.4 is 20.1 Å². The highest BCUT2D eigenvalue weighted by molar-refractivity contribution is 5.79. The van der Waals surface area contributed by atoms with Crippen LogP contribution in [0.3, 0.4) is 0 Å². The Kier molecular flexibility index (Phi) is 8.99. The number of methoxy groups -OCH3 is 1. The van der Waals surface area contributed by atoms with Gasteiger partial charge in [0, 0.05) is 32.5 Å². The van der Waals surface area contributed by atoms with Crippen LogP contribution in [0.25, 0.3) is 0 Å². The number of aryl methyl sites for hydroxylation is 2. The molecule has 0 fully saturated rings. The predicted octanol–water partition coefficient (Wildman–Crippen LogP) is 2.97. The first-order valence-electron chi connectivity index (χ1n) is 11.4. The van der Waals surface area contributed by atoms with E-state index >= 15 is 0 Å². The van der Waals surface area contributed by atoms with Gasteiger partial charge in [0.05, 0.1) is 13.7 Å². The van der Waals surface area contributed by atoms with E-state index in [9.17, 15) is 0 Å². The van der Waals surface area contributed by atoms with Crippen LogP contribution in [0.2, 0.25) is 0 Å². The fourth-order valence-electron chi connectivity index (χ4n) is 3.72. The molecule has 0 saturated carbocycles. The molecular formula is C23H36N6O2. The molecule has 2 heterocycles. The molecule has 3 rings (SSSR count). The molecule has 1 aromatic heterocycles. The Morgan fingerprint density at radius 1 is 1.16 bits per heavy atom. The standard InChI is InChI=1S/C23H36N6O2/c1-4-24-23(26-17-18(2)31-20-12-8-7-11-19(20)30-3)25-15-10-14-22-28-27-21-13-6-5-9-16-29(21)22/h7-8,11-12,18H,4-6,9-10,13-17H2,1-3H3,(H2,24,25,26). The molecule has 0 spiro atoms. The summed E-state index contributed by atoms with van der Waals surface area (Å²) < 4.78 is 13.7. The van der Waals surface area contributed by atoms with Gasteiger partial charge in [-0.2, -0.15) is 0 Å². The maximum Gasteiger partial charge on any atom is 0.191 e. The fraction of sp³-hybridized carbons (Fsp3) is 0.609. The Labute approximate surface area is 185 Å². The van der Waals surface area contributed by atoms with Crippen molar-refractivity contribution in [2.24, 2.45) is 4.99 Å². The van der Waals surface area contributed by atoms with Crippen molar-refractivity contribution in [2.45, 2.75) is 65.0 Å².